The van der Waals surface area contributed by atoms with E-state index in [0.29, 0.717) is 22.3 Å². The van der Waals surface area contributed by atoms with Crippen molar-refractivity contribution in [2.24, 2.45) is 0 Å². The van der Waals surface area contributed by atoms with E-state index < -0.39 is 0 Å². The lowest BCUT2D eigenvalue weighted by Crippen LogP contribution is -2.32. The van der Waals surface area contributed by atoms with Gasteiger partial charge in [0.2, 0.25) is 0 Å². The Bertz CT molecular complexity index is 1200. The van der Waals surface area contributed by atoms with Crippen LogP contribution in [-0.2, 0) is 6.54 Å². The van der Waals surface area contributed by atoms with Gasteiger partial charge in [0.1, 0.15) is 5.75 Å². The lowest BCUT2D eigenvalue weighted by Gasteiger charge is -2.20. The van der Waals surface area contributed by atoms with Crippen LogP contribution in [0.3, 0.4) is 0 Å². The van der Waals surface area contributed by atoms with Crippen molar-refractivity contribution in [1.82, 2.24) is 14.5 Å². The second-order valence-corrected chi connectivity index (χ2v) is 9.31. The monoisotopic (exact) mass is 468 g/mol. The molecule has 4 rings (SSSR count). The Morgan fingerprint density at radius 2 is 2.03 bits per heavy atom. The number of carbonyl (C=O) groups excluding carboxylic acids is 1. The average molecular weight is 469 g/mol. The molecule has 0 unspecified atom stereocenters. The highest BCUT2D eigenvalue weighted by Crippen LogP contribution is 2.34. The minimum atomic E-state index is -0.0884. The molecule has 0 aliphatic rings. The van der Waals surface area contributed by atoms with Gasteiger partial charge in [0.25, 0.3) is 5.91 Å². The molecule has 0 saturated heterocycles. The van der Waals surface area contributed by atoms with Gasteiger partial charge in [0, 0.05) is 36.1 Å². The number of aromatic nitrogens is 3. The number of fused-ring (bicyclic) bond motifs is 1. The van der Waals surface area contributed by atoms with Gasteiger partial charge in [0.05, 0.1) is 22.6 Å². The number of benzene rings is 2. The summed E-state index contributed by atoms with van der Waals surface area (Å²) in [6.45, 7) is 7.23. The molecule has 2 aromatic heterocycles. The summed E-state index contributed by atoms with van der Waals surface area (Å²) in [7, 11) is 0. The molecule has 1 amide bonds. The van der Waals surface area contributed by atoms with E-state index in [1.165, 1.54) is 11.3 Å². The third kappa shape index (κ3) is 5.11. The molecular weight excluding hydrogens is 444 g/mol. The van der Waals surface area contributed by atoms with Gasteiger partial charge in [-0.15, -0.1) is 0 Å². The number of nitrogens with zero attached hydrogens (tertiary/aromatic N) is 4. The fraction of sp³-hybridized carbons (Fsp3) is 0.292. The fourth-order valence-electron chi connectivity index (χ4n) is 3.48. The Labute approximate surface area is 196 Å². The van der Waals surface area contributed by atoms with Gasteiger partial charge >= 0.3 is 0 Å². The van der Waals surface area contributed by atoms with E-state index in [1.54, 1.807) is 29.6 Å². The number of amides is 1. The minimum absolute atomic E-state index is 0.0778. The molecule has 32 heavy (non-hydrogen) atoms. The molecule has 0 atom stereocenters. The molecular formula is C24H25ClN4O2S. The first-order valence-corrected chi connectivity index (χ1v) is 11.7. The van der Waals surface area contributed by atoms with Gasteiger partial charge in [0.15, 0.2) is 5.13 Å². The Hall–Kier alpha value is -2.90. The number of halogens is 1. The molecule has 8 heteroatoms. The number of rotatable bonds is 8. The number of thiazole rings is 1. The molecule has 0 aliphatic heterocycles. The molecule has 0 fully saturated rings. The average Bonchev–Trinajstić information content (AvgIpc) is 3.41. The van der Waals surface area contributed by atoms with Crippen LogP contribution < -0.4 is 9.64 Å². The highest BCUT2D eigenvalue weighted by Gasteiger charge is 2.22. The molecule has 0 spiro atoms. The van der Waals surface area contributed by atoms with Crippen LogP contribution in [0.2, 0.25) is 5.02 Å². The Balaban J connectivity index is 1.62. The van der Waals surface area contributed by atoms with Crippen LogP contribution in [-0.4, -0.2) is 33.1 Å². The van der Waals surface area contributed by atoms with Crippen LogP contribution in [0.25, 0.3) is 10.2 Å². The lowest BCUT2D eigenvalue weighted by molar-refractivity contribution is 0.0986. The third-order valence-electron chi connectivity index (χ3n) is 4.95. The van der Waals surface area contributed by atoms with Crippen LogP contribution in [0.4, 0.5) is 5.13 Å². The van der Waals surface area contributed by atoms with Crippen LogP contribution in [0, 0.1) is 6.92 Å². The van der Waals surface area contributed by atoms with Crippen LogP contribution in [0.5, 0.6) is 5.75 Å². The number of hydrogen-bond donors (Lipinski definition) is 0. The topological polar surface area (TPSA) is 60.2 Å². The maximum absolute atomic E-state index is 13.5. The number of imidazole rings is 1. The molecule has 6 nitrogen and oxygen atoms in total. The van der Waals surface area contributed by atoms with E-state index >= 15 is 0 Å². The molecule has 0 aliphatic carbocycles. The van der Waals surface area contributed by atoms with E-state index in [-0.39, 0.29) is 12.0 Å². The van der Waals surface area contributed by atoms with Crippen molar-refractivity contribution in [3.05, 3.63) is 71.3 Å². The normalized spacial score (nSPS) is 11.3. The summed E-state index contributed by atoms with van der Waals surface area (Å²) in [5.74, 6) is 0.656. The largest absolute Gasteiger partial charge is 0.491 e. The van der Waals surface area contributed by atoms with Crippen molar-refractivity contribution < 1.29 is 9.53 Å². The van der Waals surface area contributed by atoms with Crippen molar-refractivity contribution >= 4 is 44.2 Å². The quantitative estimate of drug-likeness (QED) is 0.319. The third-order valence-corrected chi connectivity index (χ3v) is 6.19. The number of aryl methyl sites for hydroxylation is 2. The summed E-state index contributed by atoms with van der Waals surface area (Å²) >= 11 is 7.72. The Morgan fingerprint density at radius 1 is 1.25 bits per heavy atom. The van der Waals surface area contributed by atoms with Crippen molar-refractivity contribution in [3.8, 4) is 5.75 Å². The maximum atomic E-state index is 13.5. The van der Waals surface area contributed by atoms with E-state index in [0.717, 1.165) is 34.5 Å². The zero-order chi connectivity index (χ0) is 22.7. The molecule has 2 heterocycles. The first-order valence-electron chi connectivity index (χ1n) is 10.5. The minimum Gasteiger partial charge on any atom is -0.491 e. The highest BCUT2D eigenvalue weighted by molar-refractivity contribution is 7.22. The number of ether oxygens (including phenoxy) is 1. The number of anilines is 1. The Morgan fingerprint density at radius 3 is 2.72 bits per heavy atom. The van der Waals surface area contributed by atoms with E-state index in [4.69, 9.17) is 21.3 Å². The summed E-state index contributed by atoms with van der Waals surface area (Å²) in [6, 6.07) is 11.1. The van der Waals surface area contributed by atoms with Crippen LogP contribution in [0.1, 0.15) is 36.2 Å². The second kappa shape index (κ2) is 9.71. The van der Waals surface area contributed by atoms with Gasteiger partial charge in [-0.2, -0.15) is 0 Å². The lowest BCUT2D eigenvalue weighted by atomic mass is 10.2. The summed E-state index contributed by atoms with van der Waals surface area (Å²) in [4.78, 5) is 24.1. The second-order valence-electron chi connectivity index (χ2n) is 7.87. The summed E-state index contributed by atoms with van der Waals surface area (Å²) < 4.78 is 8.68. The first kappa shape index (κ1) is 22.3. The van der Waals surface area contributed by atoms with Gasteiger partial charge < -0.3 is 9.30 Å². The van der Waals surface area contributed by atoms with Gasteiger partial charge in [-0.25, -0.2) is 9.97 Å². The summed E-state index contributed by atoms with van der Waals surface area (Å²) in [5, 5.41) is 1.34. The zero-order valence-electron chi connectivity index (χ0n) is 18.3. The zero-order valence-corrected chi connectivity index (χ0v) is 19.9. The van der Waals surface area contributed by atoms with Crippen molar-refractivity contribution in [3.63, 3.8) is 0 Å². The Kier molecular flexibility index (Phi) is 6.77. The van der Waals surface area contributed by atoms with E-state index in [2.05, 4.69) is 4.98 Å². The first-order chi connectivity index (χ1) is 15.4. The molecule has 0 N–H and O–H groups in total. The molecule has 0 saturated carbocycles. The molecule has 166 valence electrons. The predicted molar refractivity (Wildman–Crippen MR) is 130 cm³/mol. The van der Waals surface area contributed by atoms with Crippen LogP contribution >= 0.6 is 22.9 Å². The van der Waals surface area contributed by atoms with E-state index in [9.17, 15) is 4.79 Å². The summed E-state index contributed by atoms with van der Waals surface area (Å²) in [5.41, 5.74) is 2.47. The molecule has 4 aromatic rings. The number of carbonyl (C=O) groups is 1. The van der Waals surface area contributed by atoms with Gasteiger partial charge in [-0.1, -0.05) is 22.9 Å². The highest BCUT2D eigenvalue weighted by atomic mass is 35.5. The number of hydrogen-bond acceptors (Lipinski definition) is 5. The van der Waals surface area contributed by atoms with Gasteiger partial charge in [-0.05, 0) is 69.2 Å². The molecule has 2 aromatic carbocycles. The fourth-order valence-corrected chi connectivity index (χ4v) is 4.92. The molecule has 0 bridgehead atoms. The van der Waals surface area contributed by atoms with E-state index in [1.807, 2.05) is 55.8 Å². The smallest absolute Gasteiger partial charge is 0.260 e. The maximum Gasteiger partial charge on any atom is 0.260 e. The van der Waals surface area contributed by atoms with Crippen LogP contribution in [0.15, 0.2) is 55.1 Å². The SMILES string of the molecule is Cc1cc(Cl)cc2sc(N(CCCn3ccnc3)C(=O)c3ccc(OC(C)C)cc3)nc12. The van der Waals surface area contributed by atoms with Crippen molar-refractivity contribution in [2.45, 2.75) is 39.8 Å². The van der Waals surface area contributed by atoms with Crippen molar-refractivity contribution in [1.29, 1.82) is 0 Å². The predicted octanol–water partition coefficient (Wildman–Crippen LogP) is 5.98. The van der Waals surface area contributed by atoms with Crippen molar-refractivity contribution in [2.75, 3.05) is 11.4 Å². The standard InChI is InChI=1S/C24H25ClN4O2S/c1-16(2)31-20-7-5-18(6-8-20)23(30)29(11-4-10-28-12-9-26-15-28)24-27-22-17(3)13-19(25)14-21(22)32-24/h5-9,12-16H,4,10-11H2,1-3H3. The summed E-state index contributed by atoms with van der Waals surface area (Å²) in [6.07, 6.45) is 6.30. The van der Waals surface area contributed by atoms with Gasteiger partial charge in [-0.3, -0.25) is 9.69 Å². The molecule has 0 radical (unpaired) electrons.